The van der Waals surface area contributed by atoms with E-state index in [-0.39, 0.29) is 24.0 Å². The highest BCUT2D eigenvalue weighted by Crippen LogP contribution is 2.36. The van der Waals surface area contributed by atoms with Crippen LogP contribution in [0.3, 0.4) is 0 Å². The van der Waals surface area contributed by atoms with E-state index in [1.807, 2.05) is 7.05 Å². The minimum atomic E-state index is 0. The van der Waals surface area contributed by atoms with E-state index < -0.39 is 0 Å². The van der Waals surface area contributed by atoms with Gasteiger partial charge in [-0.25, -0.2) is 0 Å². The topological polar surface area (TPSA) is 48.9 Å². The molecular weight excluding hydrogens is 459 g/mol. The Hall–Kier alpha value is 0.270. The van der Waals surface area contributed by atoms with E-state index in [4.69, 9.17) is 4.74 Å². The lowest BCUT2D eigenvalue weighted by atomic mass is 9.73. The number of nitrogens with zero attached hydrogens (tertiary/aromatic N) is 2. The molecule has 2 heterocycles. The molecule has 3 aliphatic rings. The van der Waals surface area contributed by atoms with E-state index in [9.17, 15) is 0 Å². The van der Waals surface area contributed by atoms with Crippen LogP contribution in [0, 0.1) is 5.41 Å². The molecule has 3 fully saturated rings. The zero-order valence-corrected chi connectivity index (χ0v) is 19.4. The summed E-state index contributed by atoms with van der Waals surface area (Å²) in [6.45, 7) is 7.26. The van der Waals surface area contributed by atoms with Crippen molar-refractivity contribution in [2.24, 2.45) is 10.4 Å². The van der Waals surface area contributed by atoms with Crippen LogP contribution in [0.15, 0.2) is 4.99 Å². The Morgan fingerprint density at radius 2 is 1.92 bits per heavy atom. The summed E-state index contributed by atoms with van der Waals surface area (Å²) in [7, 11) is 1.90. The summed E-state index contributed by atoms with van der Waals surface area (Å²) >= 11 is 2.10. The highest BCUT2D eigenvalue weighted by molar-refractivity contribution is 14.0. The summed E-state index contributed by atoms with van der Waals surface area (Å²) in [4.78, 5) is 7.08. The van der Waals surface area contributed by atoms with E-state index in [0.717, 1.165) is 50.6 Å². The smallest absolute Gasteiger partial charge is 0.191 e. The minimum absolute atomic E-state index is 0. The number of halogens is 1. The van der Waals surface area contributed by atoms with Crippen LogP contribution < -0.4 is 10.6 Å². The Labute approximate surface area is 180 Å². The number of guanidine groups is 1. The van der Waals surface area contributed by atoms with Crippen molar-refractivity contribution in [3.05, 3.63) is 0 Å². The molecule has 152 valence electrons. The van der Waals surface area contributed by atoms with E-state index >= 15 is 0 Å². The van der Waals surface area contributed by atoms with Crippen LogP contribution in [0.1, 0.15) is 44.9 Å². The molecule has 7 heteroatoms. The number of thioether (sulfide) groups is 1. The van der Waals surface area contributed by atoms with Crippen LogP contribution in [0.4, 0.5) is 0 Å². The van der Waals surface area contributed by atoms with Gasteiger partial charge < -0.3 is 15.4 Å². The molecule has 2 aliphatic heterocycles. The molecule has 3 rings (SSSR count). The fraction of sp³-hybridized carbons (Fsp3) is 0.947. The molecule has 0 aromatic rings. The molecule has 0 spiro atoms. The lowest BCUT2D eigenvalue weighted by Crippen LogP contribution is -2.51. The molecule has 2 N–H and O–H groups in total. The first-order chi connectivity index (χ1) is 12.3. The fourth-order valence-corrected chi connectivity index (χ4v) is 5.64. The standard InChI is InChI=1S/C19H36N4OS.HI/c1-20-18(21-14-17-6-5-13-25-17)22-15-19(7-3-2-4-8-19)16-23-9-11-24-12-10-23;/h17H,2-16H2,1H3,(H2,20,21,22);1H. The average Bonchev–Trinajstić information content (AvgIpc) is 3.17. The number of ether oxygens (including phenoxy) is 1. The van der Waals surface area contributed by atoms with E-state index in [1.54, 1.807) is 0 Å². The van der Waals surface area contributed by atoms with Crippen molar-refractivity contribution in [2.75, 3.05) is 58.7 Å². The largest absolute Gasteiger partial charge is 0.379 e. The molecule has 1 aliphatic carbocycles. The number of hydrogen-bond acceptors (Lipinski definition) is 4. The Balaban J connectivity index is 0.00000243. The van der Waals surface area contributed by atoms with Crippen molar-refractivity contribution in [2.45, 2.75) is 50.2 Å². The number of morpholine rings is 1. The first kappa shape index (κ1) is 22.6. The summed E-state index contributed by atoms with van der Waals surface area (Å²) in [5, 5.41) is 7.98. The summed E-state index contributed by atoms with van der Waals surface area (Å²) in [6.07, 6.45) is 9.53. The number of aliphatic imine (C=N–C) groups is 1. The zero-order valence-electron chi connectivity index (χ0n) is 16.3. The van der Waals surface area contributed by atoms with Gasteiger partial charge in [-0.1, -0.05) is 19.3 Å². The predicted octanol–water partition coefficient (Wildman–Crippen LogP) is 2.95. The van der Waals surface area contributed by atoms with Gasteiger partial charge in [0, 0.05) is 50.4 Å². The van der Waals surface area contributed by atoms with Crippen molar-refractivity contribution in [1.82, 2.24) is 15.5 Å². The molecule has 1 saturated carbocycles. The highest BCUT2D eigenvalue weighted by Gasteiger charge is 2.34. The van der Waals surface area contributed by atoms with Crippen LogP contribution >= 0.6 is 35.7 Å². The third kappa shape index (κ3) is 7.02. The maximum absolute atomic E-state index is 5.53. The second-order valence-corrected chi connectivity index (χ2v) is 9.30. The molecule has 1 atom stereocenters. The van der Waals surface area contributed by atoms with E-state index in [1.165, 1.54) is 57.2 Å². The molecule has 2 saturated heterocycles. The van der Waals surface area contributed by atoms with Gasteiger partial charge in [-0.05, 0) is 31.4 Å². The third-order valence-corrected chi connectivity index (χ3v) is 7.35. The fourth-order valence-electron chi connectivity index (χ4n) is 4.43. The summed E-state index contributed by atoms with van der Waals surface area (Å²) in [5.74, 6) is 2.31. The van der Waals surface area contributed by atoms with E-state index in [2.05, 4.69) is 32.3 Å². The van der Waals surface area contributed by atoms with Gasteiger partial charge in [0.1, 0.15) is 0 Å². The normalized spacial score (nSPS) is 27.0. The Bertz CT molecular complexity index is 420. The van der Waals surface area contributed by atoms with Gasteiger partial charge in [0.2, 0.25) is 0 Å². The second kappa shape index (κ2) is 12.0. The number of nitrogens with one attached hydrogen (secondary N) is 2. The lowest BCUT2D eigenvalue weighted by Gasteiger charge is -2.42. The molecule has 0 aromatic heterocycles. The predicted molar refractivity (Wildman–Crippen MR) is 123 cm³/mol. The van der Waals surface area contributed by atoms with Gasteiger partial charge in [0.05, 0.1) is 13.2 Å². The number of rotatable bonds is 6. The molecule has 26 heavy (non-hydrogen) atoms. The van der Waals surface area contributed by atoms with Crippen molar-refractivity contribution >= 4 is 41.7 Å². The van der Waals surface area contributed by atoms with Crippen LogP contribution in [0.25, 0.3) is 0 Å². The molecular formula is C19H37IN4OS. The van der Waals surface area contributed by atoms with Crippen LogP contribution in [0.2, 0.25) is 0 Å². The molecule has 0 amide bonds. The van der Waals surface area contributed by atoms with Crippen LogP contribution in [0.5, 0.6) is 0 Å². The molecule has 0 radical (unpaired) electrons. The summed E-state index contributed by atoms with van der Waals surface area (Å²) < 4.78 is 5.53. The zero-order chi connectivity index (χ0) is 17.4. The molecule has 5 nitrogen and oxygen atoms in total. The lowest BCUT2D eigenvalue weighted by molar-refractivity contribution is 0.00820. The van der Waals surface area contributed by atoms with Gasteiger partial charge in [0.15, 0.2) is 5.96 Å². The summed E-state index contributed by atoms with van der Waals surface area (Å²) in [6, 6.07) is 0. The minimum Gasteiger partial charge on any atom is -0.379 e. The Morgan fingerprint density at radius 1 is 1.15 bits per heavy atom. The average molecular weight is 497 g/mol. The van der Waals surface area contributed by atoms with Gasteiger partial charge >= 0.3 is 0 Å². The quantitative estimate of drug-likeness (QED) is 0.337. The summed E-state index contributed by atoms with van der Waals surface area (Å²) in [5.41, 5.74) is 0.398. The first-order valence-corrected chi connectivity index (χ1v) is 11.2. The van der Waals surface area contributed by atoms with Gasteiger partial charge in [0.25, 0.3) is 0 Å². The second-order valence-electron chi connectivity index (χ2n) is 7.89. The van der Waals surface area contributed by atoms with Crippen molar-refractivity contribution in [3.63, 3.8) is 0 Å². The van der Waals surface area contributed by atoms with Gasteiger partial charge in [-0.3, -0.25) is 9.89 Å². The Kier molecular flexibility index (Phi) is 10.4. The number of hydrogen-bond donors (Lipinski definition) is 2. The van der Waals surface area contributed by atoms with Crippen LogP contribution in [-0.2, 0) is 4.74 Å². The Morgan fingerprint density at radius 3 is 2.58 bits per heavy atom. The van der Waals surface area contributed by atoms with Crippen molar-refractivity contribution in [1.29, 1.82) is 0 Å². The first-order valence-electron chi connectivity index (χ1n) is 10.2. The van der Waals surface area contributed by atoms with Crippen molar-refractivity contribution < 1.29 is 4.74 Å². The highest BCUT2D eigenvalue weighted by atomic mass is 127. The van der Waals surface area contributed by atoms with Crippen molar-refractivity contribution in [3.8, 4) is 0 Å². The SMILES string of the molecule is CN=C(NCC1CCCS1)NCC1(CN2CCOCC2)CCCCC1.I. The monoisotopic (exact) mass is 496 g/mol. The third-order valence-electron chi connectivity index (χ3n) is 5.95. The molecule has 1 unspecified atom stereocenters. The maximum atomic E-state index is 5.53. The molecule has 0 bridgehead atoms. The van der Waals surface area contributed by atoms with Gasteiger partial charge in [-0.2, -0.15) is 11.8 Å². The van der Waals surface area contributed by atoms with E-state index in [0.29, 0.717) is 5.41 Å². The molecule has 0 aromatic carbocycles. The maximum Gasteiger partial charge on any atom is 0.191 e. The van der Waals surface area contributed by atoms with Gasteiger partial charge in [-0.15, -0.1) is 24.0 Å². The van der Waals surface area contributed by atoms with Crippen LogP contribution in [-0.4, -0.2) is 74.8 Å².